The second-order valence-corrected chi connectivity index (χ2v) is 7.22. The minimum Gasteiger partial charge on any atom is -0.506 e. The van der Waals surface area contributed by atoms with E-state index in [-0.39, 0.29) is 5.75 Å². The van der Waals surface area contributed by atoms with Gasteiger partial charge in [0.2, 0.25) is 0 Å². The van der Waals surface area contributed by atoms with Crippen molar-refractivity contribution in [2.45, 2.75) is 6.54 Å². The lowest BCUT2D eigenvalue weighted by Gasteiger charge is -2.19. The number of benzene rings is 3. The molecule has 1 N–H and O–H groups in total. The first-order chi connectivity index (χ1) is 12.1. The van der Waals surface area contributed by atoms with Crippen LogP contribution in [0.3, 0.4) is 0 Å². The van der Waals surface area contributed by atoms with E-state index in [4.69, 9.17) is 0 Å². The first kappa shape index (κ1) is 17.7. The van der Waals surface area contributed by atoms with E-state index in [0.29, 0.717) is 16.6 Å². The van der Waals surface area contributed by atoms with Crippen molar-refractivity contribution in [1.29, 1.82) is 0 Å². The Morgan fingerprint density at radius 3 is 2.24 bits per heavy atom. The lowest BCUT2D eigenvalue weighted by atomic mass is 10.2. The van der Waals surface area contributed by atoms with Crippen molar-refractivity contribution < 1.29 is 5.11 Å². The fourth-order valence-corrected chi connectivity index (χ4v) is 3.63. The van der Waals surface area contributed by atoms with Crippen molar-refractivity contribution in [2.24, 2.45) is 5.10 Å². The van der Waals surface area contributed by atoms with Crippen LogP contribution in [0.1, 0.15) is 11.1 Å². The molecule has 5 heteroatoms. The number of halogens is 2. The lowest BCUT2D eigenvalue weighted by Crippen LogP contribution is -2.16. The Labute approximate surface area is 163 Å². The van der Waals surface area contributed by atoms with Gasteiger partial charge in [-0.15, -0.1) is 0 Å². The van der Waals surface area contributed by atoms with Crippen LogP contribution < -0.4 is 5.01 Å². The molecular formula is C20H16Br2N2O. The van der Waals surface area contributed by atoms with Gasteiger partial charge in [-0.3, -0.25) is 5.01 Å². The van der Waals surface area contributed by atoms with E-state index in [2.05, 4.69) is 49.1 Å². The summed E-state index contributed by atoms with van der Waals surface area (Å²) in [6, 6.07) is 23.7. The molecule has 3 nitrogen and oxygen atoms in total. The van der Waals surface area contributed by atoms with Gasteiger partial charge in [0.1, 0.15) is 5.75 Å². The summed E-state index contributed by atoms with van der Waals surface area (Å²) in [4.78, 5) is 0. The zero-order chi connectivity index (χ0) is 17.6. The topological polar surface area (TPSA) is 35.8 Å². The highest BCUT2D eigenvalue weighted by atomic mass is 79.9. The Bertz CT molecular complexity index is 868. The monoisotopic (exact) mass is 458 g/mol. The van der Waals surface area contributed by atoms with Gasteiger partial charge in [0.05, 0.1) is 22.9 Å². The Hall–Kier alpha value is -2.11. The van der Waals surface area contributed by atoms with Crippen molar-refractivity contribution in [3.8, 4) is 5.75 Å². The molecule has 0 spiro atoms. The van der Waals surface area contributed by atoms with Crippen molar-refractivity contribution >= 4 is 43.8 Å². The average Bonchev–Trinajstić information content (AvgIpc) is 2.64. The molecule has 0 aromatic heterocycles. The summed E-state index contributed by atoms with van der Waals surface area (Å²) in [5.41, 5.74) is 2.77. The summed E-state index contributed by atoms with van der Waals surface area (Å²) in [5.74, 6) is 0.166. The summed E-state index contributed by atoms with van der Waals surface area (Å²) in [5, 5.41) is 16.7. The summed E-state index contributed by atoms with van der Waals surface area (Å²) in [6.45, 7) is 0.636. The largest absolute Gasteiger partial charge is 0.506 e. The number of nitrogens with zero attached hydrogens (tertiary/aromatic N) is 2. The number of hydrazone groups is 1. The smallest absolute Gasteiger partial charge is 0.138 e. The predicted octanol–water partition coefficient (Wildman–Crippen LogP) is 5.96. The number of aromatic hydroxyl groups is 1. The highest BCUT2D eigenvalue weighted by Gasteiger charge is 2.08. The molecule has 0 amide bonds. The van der Waals surface area contributed by atoms with Crippen LogP contribution in [0.25, 0.3) is 0 Å². The number of hydrogen-bond acceptors (Lipinski definition) is 3. The van der Waals surface area contributed by atoms with Crippen molar-refractivity contribution in [1.82, 2.24) is 0 Å². The van der Waals surface area contributed by atoms with E-state index in [0.717, 1.165) is 15.7 Å². The molecule has 0 radical (unpaired) electrons. The third kappa shape index (κ3) is 4.71. The van der Waals surface area contributed by atoms with Crippen LogP contribution in [0.15, 0.2) is 86.8 Å². The van der Waals surface area contributed by atoms with E-state index in [9.17, 15) is 5.11 Å². The Morgan fingerprint density at radius 2 is 1.56 bits per heavy atom. The summed E-state index contributed by atoms with van der Waals surface area (Å²) in [7, 11) is 0. The summed E-state index contributed by atoms with van der Waals surface area (Å²) < 4.78 is 1.49. The number of phenols is 1. The third-order valence-electron chi connectivity index (χ3n) is 3.62. The molecule has 0 saturated heterocycles. The van der Waals surface area contributed by atoms with Crippen molar-refractivity contribution in [2.75, 3.05) is 5.01 Å². The molecule has 3 rings (SSSR count). The average molecular weight is 460 g/mol. The van der Waals surface area contributed by atoms with Gasteiger partial charge in [-0.05, 0) is 45.8 Å². The molecular weight excluding hydrogens is 444 g/mol. The van der Waals surface area contributed by atoms with Gasteiger partial charge in [-0.2, -0.15) is 5.10 Å². The minimum absolute atomic E-state index is 0.166. The van der Waals surface area contributed by atoms with Crippen LogP contribution in [0, 0.1) is 0 Å². The van der Waals surface area contributed by atoms with Crippen LogP contribution in [0.4, 0.5) is 5.69 Å². The molecule has 3 aromatic carbocycles. The number of phenolic OH excluding ortho intramolecular Hbond substituents is 1. The number of para-hydroxylation sites is 1. The Balaban J connectivity index is 1.92. The maximum Gasteiger partial charge on any atom is 0.138 e. The fraction of sp³-hybridized carbons (Fsp3) is 0.0500. The van der Waals surface area contributed by atoms with Crippen LogP contribution in [-0.2, 0) is 6.54 Å². The molecule has 0 bridgehead atoms. The third-order valence-corrected chi connectivity index (χ3v) is 4.69. The fourth-order valence-electron chi connectivity index (χ4n) is 2.37. The van der Waals surface area contributed by atoms with Gasteiger partial charge in [-0.1, -0.05) is 64.5 Å². The number of hydrogen-bond donors (Lipinski definition) is 1. The van der Waals surface area contributed by atoms with Crippen LogP contribution in [0.5, 0.6) is 5.75 Å². The van der Waals surface area contributed by atoms with Crippen LogP contribution in [-0.4, -0.2) is 11.3 Å². The molecule has 0 heterocycles. The Kier molecular flexibility index (Phi) is 5.89. The lowest BCUT2D eigenvalue weighted by molar-refractivity contribution is 0.471. The van der Waals surface area contributed by atoms with Gasteiger partial charge < -0.3 is 5.11 Å². The van der Waals surface area contributed by atoms with E-state index in [1.165, 1.54) is 0 Å². The zero-order valence-corrected chi connectivity index (χ0v) is 16.5. The van der Waals surface area contributed by atoms with Gasteiger partial charge >= 0.3 is 0 Å². The molecule has 0 saturated carbocycles. The van der Waals surface area contributed by atoms with E-state index in [1.807, 2.05) is 59.6 Å². The first-order valence-corrected chi connectivity index (χ1v) is 9.30. The molecule has 3 aromatic rings. The zero-order valence-electron chi connectivity index (χ0n) is 13.3. The van der Waals surface area contributed by atoms with E-state index < -0.39 is 0 Å². The maximum atomic E-state index is 10.2. The second kappa shape index (κ2) is 8.32. The summed E-state index contributed by atoms with van der Waals surface area (Å²) in [6.07, 6.45) is 1.67. The molecule has 0 aliphatic heterocycles. The molecule has 0 unspecified atom stereocenters. The molecule has 25 heavy (non-hydrogen) atoms. The number of rotatable bonds is 5. The van der Waals surface area contributed by atoms with Crippen molar-refractivity contribution in [3.05, 3.63) is 92.9 Å². The second-order valence-electron chi connectivity index (χ2n) is 5.45. The quantitative estimate of drug-likeness (QED) is 0.377. The van der Waals surface area contributed by atoms with E-state index >= 15 is 0 Å². The van der Waals surface area contributed by atoms with E-state index in [1.54, 1.807) is 12.3 Å². The molecule has 0 atom stereocenters. The standard InChI is InChI=1S/C20H16Br2N2O/c21-17-11-16(20(25)19(22)12-17)13-23-24(18-9-5-2-6-10-18)14-15-7-3-1-4-8-15/h1-13,25H,14H2/b23-13+. The summed E-state index contributed by atoms with van der Waals surface area (Å²) >= 11 is 6.78. The van der Waals surface area contributed by atoms with Gasteiger partial charge in [0.15, 0.2) is 0 Å². The van der Waals surface area contributed by atoms with Gasteiger partial charge in [0.25, 0.3) is 0 Å². The molecule has 0 aliphatic carbocycles. The van der Waals surface area contributed by atoms with Gasteiger partial charge in [-0.25, -0.2) is 0 Å². The highest BCUT2D eigenvalue weighted by molar-refractivity contribution is 9.11. The number of anilines is 1. The van der Waals surface area contributed by atoms with Crippen molar-refractivity contribution in [3.63, 3.8) is 0 Å². The van der Waals surface area contributed by atoms with Crippen LogP contribution >= 0.6 is 31.9 Å². The highest BCUT2D eigenvalue weighted by Crippen LogP contribution is 2.31. The normalized spacial score (nSPS) is 11.0. The maximum absolute atomic E-state index is 10.2. The minimum atomic E-state index is 0.166. The molecule has 126 valence electrons. The Morgan fingerprint density at radius 1 is 0.920 bits per heavy atom. The molecule has 0 fully saturated rings. The van der Waals surface area contributed by atoms with Gasteiger partial charge in [0, 0.05) is 10.0 Å². The SMILES string of the molecule is Oc1c(Br)cc(Br)cc1/C=N/N(Cc1ccccc1)c1ccccc1. The first-order valence-electron chi connectivity index (χ1n) is 7.72. The molecule has 0 aliphatic rings. The predicted molar refractivity (Wildman–Crippen MR) is 110 cm³/mol. The van der Waals surface area contributed by atoms with Crippen LogP contribution in [0.2, 0.25) is 0 Å².